The number of benzene rings is 1. The van der Waals surface area contributed by atoms with Gasteiger partial charge in [-0.05, 0) is 30.5 Å². The van der Waals surface area contributed by atoms with Gasteiger partial charge < -0.3 is 10.6 Å². The Morgan fingerprint density at radius 1 is 1.39 bits per heavy atom. The number of hydrazone groups is 1. The molecule has 0 unspecified atom stereocenters. The number of nitrogens with zero attached hydrogens (tertiary/aromatic N) is 7. The summed E-state index contributed by atoms with van der Waals surface area (Å²) in [6.45, 7) is 0.325. The molecule has 146 valence electrons. The van der Waals surface area contributed by atoms with Crippen molar-refractivity contribution in [2.45, 2.75) is 6.54 Å². The van der Waals surface area contributed by atoms with E-state index in [1.54, 1.807) is 18.2 Å². The first kappa shape index (κ1) is 19.7. The summed E-state index contributed by atoms with van der Waals surface area (Å²) in [6.07, 6.45) is 1.38. The number of halogens is 2. The number of anilines is 1. The molecule has 0 aliphatic heterocycles. The highest BCUT2D eigenvalue weighted by Gasteiger charge is 2.24. The number of rotatable bonds is 6. The zero-order valence-corrected chi connectivity index (χ0v) is 16.3. The van der Waals surface area contributed by atoms with Crippen molar-refractivity contribution in [3.8, 4) is 5.82 Å². The van der Waals surface area contributed by atoms with E-state index in [0.29, 0.717) is 27.8 Å². The van der Waals surface area contributed by atoms with E-state index in [0.717, 1.165) is 0 Å². The first-order chi connectivity index (χ1) is 13.4. The highest BCUT2D eigenvalue weighted by Crippen LogP contribution is 2.24. The topological polar surface area (TPSA) is 140 Å². The van der Waals surface area contributed by atoms with E-state index in [-0.39, 0.29) is 17.3 Å². The second-order valence-corrected chi connectivity index (χ2v) is 6.63. The third-order valence-electron chi connectivity index (χ3n) is 3.49. The van der Waals surface area contributed by atoms with Gasteiger partial charge in [-0.1, -0.05) is 40.5 Å². The Morgan fingerprint density at radius 3 is 2.86 bits per heavy atom. The fourth-order valence-corrected chi connectivity index (χ4v) is 2.62. The molecular weight excluding hydrogens is 409 g/mol. The minimum Gasteiger partial charge on any atom is -0.378 e. The Morgan fingerprint density at radius 2 is 2.18 bits per heavy atom. The molecule has 2 heterocycles. The lowest BCUT2D eigenvalue weighted by Gasteiger charge is -2.11. The molecule has 1 aromatic carbocycles. The van der Waals surface area contributed by atoms with Crippen LogP contribution in [-0.4, -0.2) is 56.4 Å². The molecule has 0 atom stereocenters. The molecule has 0 fully saturated rings. The van der Waals surface area contributed by atoms with Crippen LogP contribution in [0.4, 0.5) is 5.82 Å². The third-order valence-corrected chi connectivity index (χ3v) is 4.33. The van der Waals surface area contributed by atoms with Gasteiger partial charge in [0.25, 0.3) is 5.91 Å². The number of carbonyl (C=O) groups is 1. The van der Waals surface area contributed by atoms with Crippen molar-refractivity contribution in [2.24, 2.45) is 5.10 Å². The molecule has 0 saturated heterocycles. The summed E-state index contributed by atoms with van der Waals surface area (Å²) < 4.78 is 5.88. The minimum atomic E-state index is -0.576. The van der Waals surface area contributed by atoms with Crippen molar-refractivity contribution in [3.63, 3.8) is 0 Å². The van der Waals surface area contributed by atoms with Crippen molar-refractivity contribution >= 4 is 41.1 Å². The van der Waals surface area contributed by atoms with E-state index in [1.165, 1.54) is 10.9 Å². The molecule has 1 amide bonds. The molecule has 3 rings (SSSR count). The highest BCUT2D eigenvalue weighted by atomic mass is 35.5. The van der Waals surface area contributed by atoms with Gasteiger partial charge in [0.2, 0.25) is 11.6 Å². The van der Waals surface area contributed by atoms with Gasteiger partial charge in [0.15, 0.2) is 5.69 Å². The number of amides is 1. The molecule has 0 aliphatic carbocycles. The Labute approximate surface area is 169 Å². The molecule has 2 aromatic heterocycles. The number of nitrogens with one attached hydrogen (secondary N) is 1. The molecule has 3 aromatic rings. The third kappa shape index (κ3) is 4.11. The first-order valence-corrected chi connectivity index (χ1v) is 8.59. The van der Waals surface area contributed by atoms with E-state index in [2.05, 4.69) is 35.8 Å². The first-order valence-electron chi connectivity index (χ1n) is 7.83. The summed E-state index contributed by atoms with van der Waals surface area (Å²) in [7, 11) is 3.64. The molecule has 0 bridgehead atoms. The number of carbonyl (C=O) groups excluding carboxylic acids is 1. The Hall–Kier alpha value is -3.02. The maximum atomic E-state index is 12.5. The molecule has 28 heavy (non-hydrogen) atoms. The summed E-state index contributed by atoms with van der Waals surface area (Å²) in [5.74, 6) is -0.421. The van der Waals surface area contributed by atoms with E-state index >= 15 is 0 Å². The summed E-state index contributed by atoms with van der Waals surface area (Å²) in [5, 5.41) is 19.7. The summed E-state index contributed by atoms with van der Waals surface area (Å²) >= 11 is 12.0. The average Bonchev–Trinajstić information content (AvgIpc) is 3.24. The quantitative estimate of drug-likeness (QED) is 0.447. The second-order valence-electron chi connectivity index (χ2n) is 5.85. The number of aromatic nitrogens is 5. The van der Waals surface area contributed by atoms with E-state index in [9.17, 15) is 4.79 Å². The van der Waals surface area contributed by atoms with Crippen LogP contribution in [0.3, 0.4) is 0 Å². The molecular formula is C15H15Cl2N9O2. The largest absolute Gasteiger partial charge is 0.378 e. The normalized spacial score (nSPS) is 11.5. The molecule has 11 nitrogen and oxygen atoms in total. The fraction of sp³-hybridized carbons (Fsp3) is 0.200. The molecule has 0 saturated carbocycles. The van der Waals surface area contributed by atoms with E-state index < -0.39 is 5.91 Å². The Kier molecular flexibility index (Phi) is 5.87. The standard InChI is InChI=1S/C15H15Cl2N9O2/c1-25(2)7-10-12(20-24-26(10)14-13(18)22-28-23-14)15(27)21-19-6-8-4-3-5-9(16)11(8)17/h3-6H,7H2,1-2H3,(H2,18,22)(H,21,27). The van der Waals surface area contributed by atoms with Crippen LogP contribution in [0.2, 0.25) is 10.0 Å². The van der Waals surface area contributed by atoms with Crippen LogP contribution >= 0.6 is 23.2 Å². The van der Waals surface area contributed by atoms with Gasteiger partial charge in [0.1, 0.15) is 0 Å². The average molecular weight is 424 g/mol. The summed E-state index contributed by atoms with van der Waals surface area (Å²) in [5.41, 5.74) is 9.12. The highest BCUT2D eigenvalue weighted by molar-refractivity contribution is 6.43. The lowest BCUT2D eigenvalue weighted by atomic mass is 10.2. The molecule has 0 aliphatic rings. The Balaban J connectivity index is 1.85. The molecule has 0 spiro atoms. The predicted octanol–water partition coefficient (Wildman–Crippen LogP) is 1.36. The van der Waals surface area contributed by atoms with Gasteiger partial charge >= 0.3 is 0 Å². The van der Waals surface area contributed by atoms with Crippen LogP contribution < -0.4 is 11.2 Å². The number of nitrogen functional groups attached to an aromatic ring is 1. The maximum Gasteiger partial charge on any atom is 0.293 e. The van der Waals surface area contributed by atoms with Crippen molar-refractivity contribution in [2.75, 3.05) is 19.8 Å². The van der Waals surface area contributed by atoms with Crippen molar-refractivity contribution in [1.29, 1.82) is 0 Å². The van der Waals surface area contributed by atoms with Crippen LogP contribution in [0.1, 0.15) is 21.7 Å². The van der Waals surface area contributed by atoms with Gasteiger partial charge in [-0.2, -0.15) is 9.78 Å². The SMILES string of the molecule is CN(C)Cc1c(C(=O)NN=Cc2cccc(Cl)c2Cl)nnn1-c1nonc1N. The zero-order valence-electron chi connectivity index (χ0n) is 14.8. The monoisotopic (exact) mass is 423 g/mol. The van der Waals surface area contributed by atoms with Crippen LogP contribution in [0.25, 0.3) is 5.82 Å². The summed E-state index contributed by atoms with van der Waals surface area (Å²) in [6, 6.07) is 5.07. The number of hydrogen-bond donors (Lipinski definition) is 2. The summed E-state index contributed by atoms with van der Waals surface area (Å²) in [4.78, 5) is 14.4. The Bertz CT molecular complexity index is 1030. The zero-order chi connectivity index (χ0) is 20.3. The van der Waals surface area contributed by atoms with Crippen molar-refractivity contribution in [3.05, 3.63) is 45.2 Å². The van der Waals surface area contributed by atoms with Gasteiger partial charge in [-0.3, -0.25) is 4.79 Å². The van der Waals surface area contributed by atoms with Gasteiger partial charge in [-0.25, -0.2) is 10.1 Å². The van der Waals surface area contributed by atoms with Crippen LogP contribution in [0.5, 0.6) is 0 Å². The molecule has 0 radical (unpaired) electrons. The van der Waals surface area contributed by atoms with Crippen molar-refractivity contribution in [1.82, 2.24) is 35.6 Å². The van der Waals surface area contributed by atoms with E-state index in [1.807, 2.05) is 19.0 Å². The van der Waals surface area contributed by atoms with Gasteiger partial charge in [0, 0.05) is 12.1 Å². The van der Waals surface area contributed by atoms with Gasteiger partial charge in [-0.15, -0.1) is 5.10 Å². The maximum absolute atomic E-state index is 12.5. The van der Waals surface area contributed by atoms with Crippen molar-refractivity contribution < 1.29 is 9.42 Å². The molecule has 3 N–H and O–H groups in total. The fourth-order valence-electron chi connectivity index (χ4n) is 2.26. The molecule has 13 heteroatoms. The van der Waals surface area contributed by atoms with Crippen LogP contribution in [0.15, 0.2) is 27.9 Å². The predicted molar refractivity (Wildman–Crippen MR) is 103 cm³/mol. The van der Waals surface area contributed by atoms with E-state index in [4.69, 9.17) is 28.9 Å². The lowest BCUT2D eigenvalue weighted by molar-refractivity contribution is 0.0948. The minimum absolute atomic E-state index is 0.0190. The van der Waals surface area contributed by atoms with Gasteiger partial charge in [0.05, 0.1) is 22.0 Å². The van der Waals surface area contributed by atoms with Crippen LogP contribution in [-0.2, 0) is 6.54 Å². The number of hydrogen-bond acceptors (Lipinski definition) is 9. The lowest BCUT2D eigenvalue weighted by Crippen LogP contribution is -2.23. The number of nitrogens with two attached hydrogens (primary N) is 1. The smallest absolute Gasteiger partial charge is 0.293 e. The second kappa shape index (κ2) is 8.33. The van der Waals surface area contributed by atoms with Crippen LogP contribution in [0, 0.1) is 0 Å².